The van der Waals surface area contributed by atoms with Gasteiger partial charge in [0, 0.05) is 11.5 Å². The van der Waals surface area contributed by atoms with Crippen molar-refractivity contribution in [3.63, 3.8) is 0 Å². The fraction of sp³-hybridized carbons (Fsp3) is 0.333. The lowest BCUT2D eigenvalue weighted by atomic mass is 10.2. The fourth-order valence-electron chi connectivity index (χ4n) is 1.87. The minimum Gasteiger partial charge on any atom is -0.487 e. The number of hydrogen-bond donors (Lipinski definition) is 0. The zero-order chi connectivity index (χ0) is 15.4. The van der Waals surface area contributed by atoms with Crippen LogP contribution in [0.5, 0.6) is 5.75 Å². The van der Waals surface area contributed by atoms with Gasteiger partial charge >= 0.3 is 5.97 Å². The van der Waals surface area contributed by atoms with E-state index in [9.17, 15) is 4.79 Å². The standard InChI is InChI=1S/C15H17BrN2O3/c1-4-20-15(19)12-8-17-18(3)14(12)9-21-11-5-6-13(16)10(2)7-11/h5-8H,4,9H2,1-3H3. The molecule has 0 spiro atoms. The second-order valence-electron chi connectivity index (χ2n) is 4.55. The van der Waals surface area contributed by atoms with Crippen LogP contribution in [0.2, 0.25) is 0 Å². The summed E-state index contributed by atoms with van der Waals surface area (Å²) in [6.07, 6.45) is 1.50. The maximum absolute atomic E-state index is 11.9. The summed E-state index contributed by atoms with van der Waals surface area (Å²) < 4.78 is 13.4. The van der Waals surface area contributed by atoms with Gasteiger partial charge in [-0.2, -0.15) is 5.10 Å². The average Bonchev–Trinajstić information content (AvgIpc) is 2.82. The monoisotopic (exact) mass is 352 g/mol. The summed E-state index contributed by atoms with van der Waals surface area (Å²) in [5, 5.41) is 4.09. The van der Waals surface area contributed by atoms with E-state index in [4.69, 9.17) is 9.47 Å². The van der Waals surface area contributed by atoms with Crippen LogP contribution in [0, 0.1) is 6.92 Å². The molecule has 0 saturated heterocycles. The number of benzene rings is 1. The minimum atomic E-state index is -0.379. The number of halogens is 1. The lowest BCUT2D eigenvalue weighted by Gasteiger charge is -2.10. The van der Waals surface area contributed by atoms with Crippen molar-refractivity contribution in [3.8, 4) is 5.75 Å². The SMILES string of the molecule is CCOC(=O)c1cnn(C)c1COc1ccc(Br)c(C)c1. The third-order valence-electron chi connectivity index (χ3n) is 3.06. The van der Waals surface area contributed by atoms with Crippen LogP contribution in [0.3, 0.4) is 0 Å². The summed E-state index contributed by atoms with van der Waals surface area (Å²) in [4.78, 5) is 11.9. The smallest absolute Gasteiger partial charge is 0.341 e. The molecule has 21 heavy (non-hydrogen) atoms. The maximum atomic E-state index is 11.9. The number of nitrogens with zero attached hydrogens (tertiary/aromatic N) is 2. The highest BCUT2D eigenvalue weighted by atomic mass is 79.9. The van der Waals surface area contributed by atoms with Crippen LogP contribution in [-0.4, -0.2) is 22.4 Å². The molecule has 2 rings (SSSR count). The lowest BCUT2D eigenvalue weighted by molar-refractivity contribution is 0.0523. The number of carbonyl (C=O) groups excluding carboxylic acids is 1. The van der Waals surface area contributed by atoms with Gasteiger partial charge in [0.2, 0.25) is 0 Å². The maximum Gasteiger partial charge on any atom is 0.341 e. The molecule has 0 aliphatic carbocycles. The number of hydrogen-bond acceptors (Lipinski definition) is 4. The quantitative estimate of drug-likeness (QED) is 0.775. The van der Waals surface area contributed by atoms with Gasteiger partial charge in [0.1, 0.15) is 17.9 Å². The van der Waals surface area contributed by atoms with E-state index in [0.29, 0.717) is 17.9 Å². The molecule has 0 aliphatic rings. The van der Waals surface area contributed by atoms with Gasteiger partial charge in [0.15, 0.2) is 0 Å². The Balaban J connectivity index is 2.14. The van der Waals surface area contributed by atoms with Crippen molar-refractivity contribution < 1.29 is 14.3 Å². The molecule has 1 aromatic carbocycles. The Morgan fingerprint density at radius 1 is 1.43 bits per heavy atom. The first kappa shape index (κ1) is 15.6. The van der Waals surface area contributed by atoms with Crippen molar-refractivity contribution in [1.29, 1.82) is 0 Å². The molecule has 0 atom stereocenters. The molecular formula is C15H17BrN2O3. The van der Waals surface area contributed by atoms with E-state index in [2.05, 4.69) is 21.0 Å². The molecule has 0 amide bonds. The topological polar surface area (TPSA) is 53.3 Å². The molecule has 6 heteroatoms. The van der Waals surface area contributed by atoms with Crippen LogP contribution in [0.1, 0.15) is 28.5 Å². The summed E-state index contributed by atoms with van der Waals surface area (Å²) in [6, 6.07) is 5.74. The van der Waals surface area contributed by atoms with Gasteiger partial charge in [0.05, 0.1) is 18.5 Å². The first-order valence-electron chi connectivity index (χ1n) is 6.60. The summed E-state index contributed by atoms with van der Waals surface area (Å²) >= 11 is 3.45. The highest BCUT2D eigenvalue weighted by Crippen LogP contribution is 2.22. The Labute approximate surface area is 132 Å². The molecule has 0 aliphatic heterocycles. The van der Waals surface area contributed by atoms with Gasteiger partial charge < -0.3 is 9.47 Å². The summed E-state index contributed by atoms with van der Waals surface area (Å²) in [7, 11) is 1.77. The number of aromatic nitrogens is 2. The number of aryl methyl sites for hydroxylation is 2. The molecule has 0 radical (unpaired) electrons. The second-order valence-corrected chi connectivity index (χ2v) is 5.40. The van der Waals surface area contributed by atoms with Crippen LogP contribution in [0.15, 0.2) is 28.9 Å². The van der Waals surface area contributed by atoms with Crippen LogP contribution in [0.25, 0.3) is 0 Å². The molecule has 0 N–H and O–H groups in total. The number of rotatable bonds is 5. The summed E-state index contributed by atoms with van der Waals surface area (Å²) in [6.45, 7) is 4.35. The van der Waals surface area contributed by atoms with Crippen molar-refractivity contribution in [1.82, 2.24) is 9.78 Å². The Morgan fingerprint density at radius 3 is 2.86 bits per heavy atom. The van der Waals surface area contributed by atoms with E-state index in [-0.39, 0.29) is 12.6 Å². The molecule has 0 bridgehead atoms. The molecular weight excluding hydrogens is 336 g/mol. The Morgan fingerprint density at radius 2 is 2.19 bits per heavy atom. The van der Waals surface area contributed by atoms with Crippen LogP contribution in [-0.2, 0) is 18.4 Å². The van der Waals surface area contributed by atoms with Crippen molar-refractivity contribution in [2.75, 3.05) is 6.61 Å². The summed E-state index contributed by atoms with van der Waals surface area (Å²) in [5.74, 6) is 0.364. The average molecular weight is 353 g/mol. The zero-order valence-corrected chi connectivity index (χ0v) is 13.8. The van der Waals surface area contributed by atoms with E-state index < -0.39 is 0 Å². The van der Waals surface area contributed by atoms with Crippen molar-refractivity contribution in [2.45, 2.75) is 20.5 Å². The number of ether oxygens (including phenoxy) is 2. The molecule has 1 heterocycles. The molecule has 112 valence electrons. The van der Waals surface area contributed by atoms with Crippen molar-refractivity contribution in [2.24, 2.45) is 7.05 Å². The first-order chi connectivity index (χ1) is 10.0. The molecule has 2 aromatic rings. The normalized spacial score (nSPS) is 10.5. The molecule has 0 unspecified atom stereocenters. The lowest BCUT2D eigenvalue weighted by Crippen LogP contribution is -2.11. The van der Waals surface area contributed by atoms with Gasteiger partial charge in [-0.3, -0.25) is 4.68 Å². The predicted octanol–water partition coefficient (Wildman–Crippen LogP) is 3.25. The molecule has 0 saturated carbocycles. The van der Waals surface area contributed by atoms with Gasteiger partial charge in [-0.15, -0.1) is 0 Å². The van der Waals surface area contributed by atoms with Gasteiger partial charge in [0.25, 0.3) is 0 Å². The van der Waals surface area contributed by atoms with E-state index in [1.54, 1.807) is 18.7 Å². The first-order valence-corrected chi connectivity index (χ1v) is 7.39. The van der Waals surface area contributed by atoms with E-state index in [1.807, 2.05) is 25.1 Å². The third kappa shape index (κ3) is 3.64. The minimum absolute atomic E-state index is 0.256. The fourth-order valence-corrected chi connectivity index (χ4v) is 2.12. The van der Waals surface area contributed by atoms with Gasteiger partial charge in [-0.25, -0.2) is 4.79 Å². The van der Waals surface area contributed by atoms with Crippen LogP contribution in [0.4, 0.5) is 0 Å². The second kappa shape index (κ2) is 6.76. The zero-order valence-electron chi connectivity index (χ0n) is 12.2. The summed E-state index contributed by atoms with van der Waals surface area (Å²) in [5.41, 5.74) is 2.21. The predicted molar refractivity (Wildman–Crippen MR) is 82.4 cm³/mol. The highest BCUT2D eigenvalue weighted by molar-refractivity contribution is 9.10. The van der Waals surface area contributed by atoms with Crippen molar-refractivity contribution >= 4 is 21.9 Å². The van der Waals surface area contributed by atoms with Crippen LogP contribution < -0.4 is 4.74 Å². The van der Waals surface area contributed by atoms with Gasteiger partial charge in [-0.1, -0.05) is 15.9 Å². The Kier molecular flexibility index (Phi) is 5.01. The van der Waals surface area contributed by atoms with Crippen molar-refractivity contribution in [3.05, 3.63) is 45.7 Å². The number of carbonyl (C=O) groups is 1. The molecule has 0 fully saturated rings. The molecule has 5 nitrogen and oxygen atoms in total. The van der Waals surface area contributed by atoms with E-state index >= 15 is 0 Å². The Hall–Kier alpha value is -1.82. The third-order valence-corrected chi connectivity index (χ3v) is 3.95. The van der Waals surface area contributed by atoms with E-state index in [1.165, 1.54) is 6.20 Å². The van der Waals surface area contributed by atoms with Crippen LogP contribution >= 0.6 is 15.9 Å². The van der Waals surface area contributed by atoms with E-state index in [0.717, 1.165) is 15.8 Å². The largest absolute Gasteiger partial charge is 0.487 e. The molecule has 1 aromatic heterocycles. The highest BCUT2D eigenvalue weighted by Gasteiger charge is 2.17. The van der Waals surface area contributed by atoms with Gasteiger partial charge in [-0.05, 0) is 37.6 Å². The Bertz CT molecular complexity index is 652. The number of esters is 1.